The average Bonchev–Trinajstić information content (AvgIpc) is 4.02. The van der Waals surface area contributed by atoms with Gasteiger partial charge in [-0.15, -0.1) is 11.3 Å². The molecule has 0 saturated heterocycles. The quantitative estimate of drug-likeness (QED) is 0.185. The van der Waals surface area contributed by atoms with Crippen molar-refractivity contribution >= 4 is 75.3 Å². The molecule has 51 heavy (non-hydrogen) atoms. The van der Waals surface area contributed by atoms with Gasteiger partial charge in [0.05, 0.1) is 61.3 Å². The Morgan fingerprint density at radius 1 is 0.471 bits per heavy atom. The first-order valence-electron chi connectivity index (χ1n) is 24.3. The summed E-state index contributed by atoms with van der Waals surface area (Å²) in [6.45, 7) is 0. The van der Waals surface area contributed by atoms with Crippen molar-refractivity contribution in [3.8, 4) is 34.0 Å². The summed E-state index contributed by atoms with van der Waals surface area (Å²) >= 11 is 1.45. The number of aromatic nitrogens is 4. The van der Waals surface area contributed by atoms with Gasteiger partial charge in [0.25, 0.3) is 0 Å². The van der Waals surface area contributed by atoms with Gasteiger partial charge in [0.15, 0.2) is 0 Å². The minimum atomic E-state index is -0.783. The van der Waals surface area contributed by atoms with Crippen LogP contribution in [-0.4, -0.2) is 19.1 Å². The molecule has 0 atom stereocenters. The van der Waals surface area contributed by atoms with E-state index in [-0.39, 0.29) is 61.6 Å². The first kappa shape index (κ1) is 16.4. The lowest BCUT2D eigenvalue weighted by Gasteiger charge is -2.10. The zero-order valence-electron chi connectivity index (χ0n) is 43.0. The van der Waals surface area contributed by atoms with E-state index < -0.39 is 107 Å². The number of hydrogen-bond donors (Lipinski definition) is 0. The topological polar surface area (TPSA) is 35.6 Å². The second-order valence-corrected chi connectivity index (χ2v) is 12.7. The molecular formula is C46H28N4S. The number of para-hydroxylation sites is 3. The Kier molecular flexibility index (Phi) is 3.54. The number of nitrogens with zero attached hydrogens (tertiary/aromatic N) is 4. The number of fused-ring (bicyclic) bond motifs is 9. The van der Waals surface area contributed by atoms with Crippen molar-refractivity contribution in [2.24, 2.45) is 0 Å². The van der Waals surface area contributed by atoms with Crippen LogP contribution in [0.3, 0.4) is 0 Å². The lowest BCUT2D eigenvalue weighted by Crippen LogP contribution is -2.02. The van der Waals surface area contributed by atoms with E-state index in [0.717, 1.165) is 14.7 Å². The van der Waals surface area contributed by atoms with E-state index in [0.29, 0.717) is 21.5 Å². The van der Waals surface area contributed by atoms with Crippen LogP contribution in [0.25, 0.3) is 97.9 Å². The third kappa shape index (κ3) is 4.25. The molecule has 0 N–H and O–H groups in total. The van der Waals surface area contributed by atoms with Crippen LogP contribution in [0.1, 0.15) is 23.3 Å². The van der Waals surface area contributed by atoms with Crippen LogP contribution in [0.2, 0.25) is 0 Å². The Morgan fingerprint density at radius 3 is 1.94 bits per heavy atom. The summed E-state index contributed by atoms with van der Waals surface area (Å²) in [4.78, 5) is 10.0. The molecular weight excluding hydrogens is 641 g/mol. The molecule has 0 radical (unpaired) electrons. The third-order valence-corrected chi connectivity index (χ3v) is 10.00. The Bertz CT molecular complexity index is 4100. The van der Waals surface area contributed by atoms with Crippen molar-refractivity contribution in [1.82, 2.24) is 19.1 Å². The summed E-state index contributed by atoms with van der Waals surface area (Å²) in [7, 11) is 0. The van der Waals surface area contributed by atoms with Crippen molar-refractivity contribution in [2.45, 2.75) is 0 Å². The SMILES string of the molecule is [2H]c1c([2H])c([2H])c(-n2c3c([2H])ccc([2H])c3c3c([2H])c(-c4c([2H])c([2H])c5c(c4[2H])c4c([2H])c([2H])c([2H])c([2H])c4n5-c4nc(-c5ccccc5)c5sc6ccccc6c5n4)c([2H])c([2H])c32)c([2H])c1[2H]. The molecule has 0 aliphatic rings. The fourth-order valence-electron chi connectivity index (χ4n) is 6.63. The maximum absolute atomic E-state index is 9.91. The zero-order valence-corrected chi connectivity index (χ0v) is 26.9. The molecule has 0 aliphatic carbocycles. The second-order valence-electron chi connectivity index (χ2n) is 11.7. The lowest BCUT2D eigenvalue weighted by atomic mass is 10.0. The maximum atomic E-state index is 9.91. The third-order valence-electron chi connectivity index (χ3n) is 8.83. The van der Waals surface area contributed by atoms with Crippen LogP contribution in [0.15, 0.2) is 169 Å². The summed E-state index contributed by atoms with van der Waals surface area (Å²) in [6, 6.07) is 8.42. The molecule has 0 unspecified atom stereocenters. The highest BCUT2D eigenvalue weighted by Crippen LogP contribution is 2.41. The molecule has 0 spiro atoms. The molecule has 4 nitrogen and oxygen atoms in total. The van der Waals surface area contributed by atoms with Crippen molar-refractivity contribution < 1.29 is 23.3 Å². The van der Waals surface area contributed by atoms with E-state index >= 15 is 0 Å². The van der Waals surface area contributed by atoms with Crippen molar-refractivity contribution in [3.63, 3.8) is 0 Å². The molecule has 4 aromatic heterocycles. The summed E-state index contributed by atoms with van der Waals surface area (Å²) in [5.41, 5.74) is -0.886. The first-order chi connectivity index (χ1) is 32.4. The molecule has 0 aliphatic heterocycles. The van der Waals surface area contributed by atoms with Crippen LogP contribution in [0.4, 0.5) is 0 Å². The van der Waals surface area contributed by atoms with E-state index in [9.17, 15) is 11.0 Å². The maximum Gasteiger partial charge on any atom is 0.235 e. The molecule has 0 amide bonds. The van der Waals surface area contributed by atoms with Gasteiger partial charge in [0, 0.05) is 42.9 Å². The van der Waals surface area contributed by atoms with Gasteiger partial charge in [-0.25, -0.2) is 9.97 Å². The highest BCUT2D eigenvalue weighted by atomic mass is 32.1. The summed E-state index contributed by atoms with van der Waals surface area (Å²) in [6.07, 6.45) is 0. The van der Waals surface area contributed by atoms with Crippen LogP contribution in [0, 0.1) is 0 Å². The minimum absolute atomic E-state index is 0.128. The average molecular weight is 686 g/mol. The lowest BCUT2D eigenvalue weighted by molar-refractivity contribution is 1.02. The molecule has 238 valence electrons. The number of thiophene rings is 1. The molecule has 11 rings (SSSR count). The normalized spacial score (nSPS) is 16.6. The predicted octanol–water partition coefficient (Wildman–Crippen LogP) is 12.4. The van der Waals surface area contributed by atoms with Crippen molar-refractivity contribution in [3.05, 3.63) is 169 Å². The Hall–Kier alpha value is -6.56. The summed E-state index contributed by atoms with van der Waals surface area (Å²) in [5, 5.41) is -0.154. The summed E-state index contributed by atoms with van der Waals surface area (Å²) in [5.74, 6) is -0.128. The second kappa shape index (κ2) is 11.0. The molecule has 0 fully saturated rings. The van der Waals surface area contributed by atoms with E-state index in [2.05, 4.69) is 0 Å². The van der Waals surface area contributed by atoms with Gasteiger partial charge in [-0.3, -0.25) is 4.57 Å². The number of rotatable bonds is 4. The Balaban J connectivity index is 1.31. The van der Waals surface area contributed by atoms with Gasteiger partial charge in [0.1, 0.15) is 0 Å². The molecule has 5 heteroatoms. The van der Waals surface area contributed by atoms with Gasteiger partial charge >= 0.3 is 0 Å². The van der Waals surface area contributed by atoms with Gasteiger partial charge in [-0.05, 0) is 65.5 Å². The number of hydrogen-bond acceptors (Lipinski definition) is 3. The van der Waals surface area contributed by atoms with Crippen molar-refractivity contribution in [1.29, 1.82) is 0 Å². The molecule has 4 heterocycles. The van der Waals surface area contributed by atoms with E-state index in [1.54, 1.807) is 0 Å². The fraction of sp³-hybridized carbons (Fsp3) is 0. The standard InChI is InChI=1S/C46H28N4S/c1-3-13-29(14-4-1)43-45-44(35-19-9-12-22-42(35)51-45)48-46(47-43)50-39-21-11-8-18-34(39)37-28-31(24-26-41(37)50)30-23-25-40-36(27-30)33-17-7-10-20-38(33)49(40)32-15-5-2-6-16-32/h1-28H/i2D,5D,6D,8D,11D,15D,16D,17D,18D,20D,21D,23D,24D,25D,26D,27D,28D. The van der Waals surface area contributed by atoms with Crippen LogP contribution in [-0.2, 0) is 0 Å². The zero-order chi connectivity index (χ0) is 48.3. The molecule has 0 bridgehead atoms. The van der Waals surface area contributed by atoms with Crippen LogP contribution >= 0.6 is 11.3 Å². The van der Waals surface area contributed by atoms with Gasteiger partial charge in [-0.2, -0.15) is 0 Å². The van der Waals surface area contributed by atoms with Gasteiger partial charge in [0.2, 0.25) is 5.95 Å². The minimum Gasteiger partial charge on any atom is -0.309 e. The Morgan fingerprint density at radius 2 is 1.12 bits per heavy atom. The highest BCUT2D eigenvalue weighted by molar-refractivity contribution is 7.26. The first-order valence-corrected chi connectivity index (χ1v) is 16.6. The summed E-state index contributed by atoms with van der Waals surface area (Å²) < 4.78 is 158. The van der Waals surface area contributed by atoms with Crippen molar-refractivity contribution in [2.75, 3.05) is 0 Å². The monoisotopic (exact) mass is 685 g/mol. The predicted molar refractivity (Wildman–Crippen MR) is 214 cm³/mol. The van der Waals surface area contributed by atoms with E-state index in [4.69, 9.17) is 22.3 Å². The molecule has 11 aromatic rings. The molecule has 0 saturated carbocycles. The van der Waals surface area contributed by atoms with Gasteiger partial charge < -0.3 is 4.57 Å². The van der Waals surface area contributed by atoms with Gasteiger partial charge in [-0.1, -0.05) is 115 Å². The van der Waals surface area contributed by atoms with Crippen LogP contribution in [0.5, 0.6) is 0 Å². The van der Waals surface area contributed by atoms with Crippen LogP contribution < -0.4 is 0 Å². The van der Waals surface area contributed by atoms with E-state index in [1.807, 2.05) is 54.6 Å². The molecule has 7 aromatic carbocycles. The smallest absolute Gasteiger partial charge is 0.235 e. The fourth-order valence-corrected chi connectivity index (χ4v) is 7.78. The number of benzene rings is 7. The Labute approximate surface area is 321 Å². The highest BCUT2D eigenvalue weighted by Gasteiger charge is 2.20. The largest absolute Gasteiger partial charge is 0.309 e. The van der Waals surface area contributed by atoms with E-state index in [1.165, 1.54) is 28.0 Å².